The number of carbonyl (C=O) groups excluding carboxylic acids is 3. The molecule has 0 saturated carbocycles. The zero-order valence-corrected chi connectivity index (χ0v) is 15.9. The Labute approximate surface area is 157 Å². The molecule has 0 bridgehead atoms. The fourth-order valence-electron chi connectivity index (χ4n) is 2.97. The zero-order chi connectivity index (χ0) is 19.3. The van der Waals surface area contributed by atoms with Crippen LogP contribution in [0.4, 0.5) is 0 Å². The maximum Gasteiger partial charge on any atom is 0.303 e. The van der Waals surface area contributed by atoms with E-state index in [0.717, 1.165) is 25.9 Å². The van der Waals surface area contributed by atoms with Gasteiger partial charge in [-0.15, -0.1) is 0 Å². The van der Waals surface area contributed by atoms with Gasteiger partial charge in [-0.05, 0) is 25.1 Å². The molecule has 0 aromatic rings. The molecule has 9 nitrogen and oxygen atoms in total. The number of likely N-dealkylation sites (tertiary alicyclic amines) is 1. The Balaban J connectivity index is 2.14. The second-order valence-corrected chi connectivity index (χ2v) is 6.58. The van der Waals surface area contributed by atoms with Crippen molar-refractivity contribution in [1.82, 2.24) is 10.2 Å². The summed E-state index contributed by atoms with van der Waals surface area (Å²) in [4.78, 5) is 36.1. The third-order valence-electron chi connectivity index (χ3n) is 4.02. The quantitative estimate of drug-likeness (QED) is 0.396. The highest BCUT2D eigenvalue weighted by molar-refractivity contribution is 7.80. The summed E-state index contributed by atoms with van der Waals surface area (Å²) in [5.41, 5.74) is 0. The molecule has 0 aliphatic carbocycles. The van der Waals surface area contributed by atoms with Gasteiger partial charge in [0.05, 0.1) is 0 Å². The molecule has 0 aromatic heterocycles. The summed E-state index contributed by atoms with van der Waals surface area (Å²) in [5.74, 6) is -1.61. The summed E-state index contributed by atoms with van der Waals surface area (Å²) >= 11 is 5.39. The molecule has 1 N–H and O–H groups in total. The molecule has 0 aromatic carbocycles. The molecule has 2 aliphatic heterocycles. The Morgan fingerprint density at radius 3 is 2.15 bits per heavy atom. The monoisotopic (exact) mass is 388 g/mol. The third-order valence-corrected chi connectivity index (χ3v) is 4.40. The molecule has 4 atom stereocenters. The van der Waals surface area contributed by atoms with Gasteiger partial charge in [0.15, 0.2) is 23.5 Å². The van der Waals surface area contributed by atoms with Gasteiger partial charge in [-0.1, -0.05) is 0 Å². The Hall–Kier alpha value is -1.94. The van der Waals surface area contributed by atoms with Crippen LogP contribution in [0.15, 0.2) is 0 Å². The first-order chi connectivity index (χ1) is 12.3. The van der Waals surface area contributed by atoms with Crippen molar-refractivity contribution in [3.63, 3.8) is 0 Å². The number of hydrogen-bond acceptors (Lipinski definition) is 8. The third kappa shape index (κ3) is 5.53. The molecule has 0 amide bonds. The highest BCUT2D eigenvalue weighted by atomic mass is 32.1. The Morgan fingerprint density at radius 1 is 1.04 bits per heavy atom. The second kappa shape index (κ2) is 9.13. The highest BCUT2D eigenvalue weighted by Crippen LogP contribution is 2.27. The van der Waals surface area contributed by atoms with Crippen molar-refractivity contribution < 1.29 is 33.3 Å². The van der Waals surface area contributed by atoms with E-state index in [4.69, 9.17) is 31.2 Å². The lowest BCUT2D eigenvalue weighted by atomic mass is 10.1. The van der Waals surface area contributed by atoms with Crippen molar-refractivity contribution >= 4 is 35.2 Å². The predicted octanol–water partition coefficient (Wildman–Crippen LogP) is 0.108. The topological polar surface area (TPSA) is 103 Å². The summed E-state index contributed by atoms with van der Waals surface area (Å²) in [6.45, 7) is 5.28. The minimum absolute atomic E-state index is 0.139. The maximum absolute atomic E-state index is 11.5. The van der Waals surface area contributed by atoms with Crippen molar-refractivity contribution in [2.75, 3.05) is 19.7 Å². The lowest BCUT2D eigenvalue weighted by Gasteiger charge is -2.26. The first-order valence-electron chi connectivity index (χ1n) is 8.46. The van der Waals surface area contributed by atoms with Crippen molar-refractivity contribution in [3.8, 4) is 0 Å². The average Bonchev–Trinajstić information content (AvgIpc) is 3.16. The van der Waals surface area contributed by atoms with Crippen LogP contribution in [0.25, 0.3) is 0 Å². The van der Waals surface area contributed by atoms with Crippen LogP contribution in [-0.2, 0) is 33.3 Å². The number of hydrogen-bond donors (Lipinski definition) is 1. The first-order valence-corrected chi connectivity index (χ1v) is 8.87. The molecular formula is C16H24N2O7S. The molecule has 26 heavy (non-hydrogen) atoms. The summed E-state index contributed by atoms with van der Waals surface area (Å²) in [5, 5.41) is 3.49. The molecule has 10 heteroatoms. The molecule has 2 aliphatic rings. The minimum atomic E-state index is -0.922. The average molecular weight is 388 g/mol. The largest absolute Gasteiger partial charge is 0.463 e. The van der Waals surface area contributed by atoms with Gasteiger partial charge in [0.25, 0.3) is 0 Å². The Kier molecular flexibility index (Phi) is 7.15. The molecule has 0 unspecified atom stereocenters. The van der Waals surface area contributed by atoms with Crippen LogP contribution in [0.5, 0.6) is 0 Å². The van der Waals surface area contributed by atoms with Gasteiger partial charge in [-0.2, -0.15) is 0 Å². The van der Waals surface area contributed by atoms with Crippen molar-refractivity contribution in [1.29, 1.82) is 0 Å². The smallest absolute Gasteiger partial charge is 0.303 e. The number of nitrogens with one attached hydrogen (secondary N) is 1. The zero-order valence-electron chi connectivity index (χ0n) is 15.1. The van der Waals surface area contributed by atoms with Crippen LogP contribution < -0.4 is 5.32 Å². The Morgan fingerprint density at radius 2 is 1.62 bits per heavy atom. The van der Waals surface area contributed by atoms with E-state index >= 15 is 0 Å². The molecular weight excluding hydrogens is 364 g/mol. The van der Waals surface area contributed by atoms with Crippen LogP contribution in [0.1, 0.15) is 33.6 Å². The summed E-state index contributed by atoms with van der Waals surface area (Å²) in [7, 11) is 0. The molecule has 2 saturated heterocycles. The van der Waals surface area contributed by atoms with Gasteiger partial charge in [-0.25, -0.2) is 0 Å². The van der Waals surface area contributed by atoms with Gasteiger partial charge in [0.2, 0.25) is 0 Å². The van der Waals surface area contributed by atoms with E-state index in [1.54, 1.807) is 0 Å². The normalized spacial score (nSPS) is 27.7. The van der Waals surface area contributed by atoms with E-state index in [-0.39, 0.29) is 6.61 Å². The highest BCUT2D eigenvalue weighted by Gasteiger charge is 2.50. The first kappa shape index (κ1) is 20.4. The summed E-state index contributed by atoms with van der Waals surface area (Å²) in [6, 6.07) is 0. The van der Waals surface area contributed by atoms with E-state index in [1.807, 2.05) is 4.90 Å². The molecule has 0 spiro atoms. The minimum Gasteiger partial charge on any atom is -0.463 e. The molecule has 2 fully saturated rings. The lowest BCUT2D eigenvalue weighted by Crippen LogP contribution is -2.50. The van der Waals surface area contributed by atoms with Crippen LogP contribution in [0, 0.1) is 0 Å². The van der Waals surface area contributed by atoms with E-state index in [9.17, 15) is 14.4 Å². The molecule has 2 heterocycles. The van der Waals surface area contributed by atoms with Gasteiger partial charge < -0.3 is 29.2 Å². The standard InChI is InChI=1S/C16H24N2O7S/c1-9(19)22-8-12-13(23-10(2)20)14(24-11(3)21)15(25-12)17-16(26)18-6-4-5-7-18/h12-15H,4-8H2,1-3H3,(H,17,26)/t12-,13-,14-,15-/m1/s1. The summed E-state index contributed by atoms with van der Waals surface area (Å²) in [6.07, 6.45) is -1.35. The molecule has 146 valence electrons. The number of esters is 3. The molecule has 2 rings (SSSR count). The van der Waals surface area contributed by atoms with Crippen LogP contribution in [0.3, 0.4) is 0 Å². The number of carbonyl (C=O) groups is 3. The van der Waals surface area contributed by atoms with Crippen LogP contribution in [-0.4, -0.2) is 72.2 Å². The van der Waals surface area contributed by atoms with Crippen molar-refractivity contribution in [2.45, 2.75) is 58.2 Å². The number of ether oxygens (including phenoxy) is 4. The molecule has 0 radical (unpaired) electrons. The Bertz CT molecular complexity index is 565. The number of thiocarbonyl (C=S) groups is 1. The van der Waals surface area contributed by atoms with E-state index < -0.39 is 42.4 Å². The van der Waals surface area contributed by atoms with Gasteiger partial charge in [0.1, 0.15) is 12.7 Å². The number of nitrogens with zero attached hydrogens (tertiary/aromatic N) is 1. The van der Waals surface area contributed by atoms with E-state index in [2.05, 4.69) is 5.32 Å². The van der Waals surface area contributed by atoms with Crippen molar-refractivity contribution in [3.05, 3.63) is 0 Å². The van der Waals surface area contributed by atoms with Crippen LogP contribution in [0.2, 0.25) is 0 Å². The SMILES string of the molecule is CC(=O)OC[C@H]1O[C@@H](NC(=S)N2CCCC2)[C@H](OC(C)=O)[C@@H]1OC(C)=O. The second-order valence-electron chi connectivity index (χ2n) is 6.19. The summed E-state index contributed by atoms with van der Waals surface area (Å²) < 4.78 is 21.4. The van der Waals surface area contributed by atoms with Crippen LogP contribution >= 0.6 is 12.2 Å². The van der Waals surface area contributed by atoms with E-state index in [0.29, 0.717) is 5.11 Å². The van der Waals surface area contributed by atoms with Gasteiger partial charge in [-0.3, -0.25) is 14.4 Å². The number of rotatable bonds is 5. The predicted molar refractivity (Wildman–Crippen MR) is 92.9 cm³/mol. The van der Waals surface area contributed by atoms with Crippen molar-refractivity contribution in [2.24, 2.45) is 0 Å². The van der Waals surface area contributed by atoms with Gasteiger partial charge in [0, 0.05) is 33.9 Å². The van der Waals surface area contributed by atoms with E-state index in [1.165, 1.54) is 20.8 Å². The fraction of sp³-hybridized carbons (Fsp3) is 0.750. The fourth-order valence-corrected chi connectivity index (χ4v) is 3.26. The van der Waals surface area contributed by atoms with Gasteiger partial charge >= 0.3 is 17.9 Å². The lowest BCUT2D eigenvalue weighted by molar-refractivity contribution is -0.165. The maximum atomic E-state index is 11.5.